The maximum absolute atomic E-state index is 11.4. The molecule has 0 aromatic heterocycles. The summed E-state index contributed by atoms with van der Waals surface area (Å²) in [5, 5.41) is 19.2. The first-order valence-corrected chi connectivity index (χ1v) is 7.79. The summed E-state index contributed by atoms with van der Waals surface area (Å²) in [6, 6.07) is 4.01. The van der Waals surface area contributed by atoms with Crippen LogP contribution in [0, 0.1) is 16.0 Å². The Morgan fingerprint density at radius 1 is 1.40 bits per heavy atom. The van der Waals surface area contributed by atoms with Crippen molar-refractivity contribution in [1.82, 2.24) is 0 Å². The van der Waals surface area contributed by atoms with Crippen molar-refractivity contribution in [3.63, 3.8) is 0 Å². The summed E-state index contributed by atoms with van der Waals surface area (Å²) in [6.07, 6.45) is 0.900. The number of nitrogens with zero attached hydrogens (tertiary/aromatic N) is 1. The highest BCUT2D eigenvalue weighted by molar-refractivity contribution is 7.89. The van der Waals surface area contributed by atoms with Gasteiger partial charge in [0.25, 0.3) is 0 Å². The number of rotatable bonds is 6. The predicted octanol–water partition coefficient (Wildman–Crippen LogP) is 2.09. The molecule has 0 bridgehead atoms. The number of hydrogen-bond acceptors (Lipinski definition) is 5. The van der Waals surface area contributed by atoms with Crippen LogP contribution >= 0.6 is 0 Å². The summed E-state index contributed by atoms with van der Waals surface area (Å²) in [7, 11) is -4.14. The monoisotopic (exact) mass is 301 g/mol. The van der Waals surface area contributed by atoms with Gasteiger partial charge in [-0.15, -0.1) is 0 Å². The lowest BCUT2D eigenvalue weighted by Gasteiger charge is -2.21. The maximum atomic E-state index is 11.4. The average Bonchev–Trinajstić information content (AvgIpc) is 2.36. The van der Waals surface area contributed by atoms with Crippen LogP contribution in [0.2, 0.25) is 0 Å². The molecule has 1 aromatic rings. The van der Waals surface area contributed by atoms with E-state index in [-0.39, 0.29) is 17.6 Å². The lowest BCUT2D eigenvalue weighted by molar-refractivity contribution is -0.386. The summed E-state index contributed by atoms with van der Waals surface area (Å²) in [5.41, 5.74) is -0.348. The van der Waals surface area contributed by atoms with Crippen molar-refractivity contribution in [3.05, 3.63) is 28.3 Å². The molecule has 8 heteroatoms. The van der Waals surface area contributed by atoms with Crippen LogP contribution < -0.4 is 10.5 Å². The van der Waals surface area contributed by atoms with Gasteiger partial charge < -0.3 is 5.32 Å². The lowest BCUT2D eigenvalue weighted by atomic mass is 10.0. The Kier molecular flexibility index (Phi) is 5.07. The van der Waals surface area contributed by atoms with E-state index >= 15 is 0 Å². The quantitative estimate of drug-likeness (QED) is 0.616. The summed E-state index contributed by atoms with van der Waals surface area (Å²) in [6.45, 7) is 5.91. The smallest absolute Gasteiger partial charge is 0.312 e. The van der Waals surface area contributed by atoms with Gasteiger partial charge in [-0.1, -0.05) is 26.3 Å². The van der Waals surface area contributed by atoms with E-state index in [0.717, 1.165) is 12.5 Å². The normalized spacial score (nSPS) is 14.6. The van der Waals surface area contributed by atoms with Crippen LogP contribution in [0.5, 0.6) is 0 Å². The molecule has 0 aliphatic heterocycles. The van der Waals surface area contributed by atoms with Crippen molar-refractivity contribution in [2.75, 3.05) is 5.32 Å². The molecule has 0 fully saturated rings. The van der Waals surface area contributed by atoms with E-state index in [9.17, 15) is 18.5 Å². The van der Waals surface area contributed by atoms with Gasteiger partial charge in [-0.05, 0) is 25.0 Å². The Morgan fingerprint density at radius 3 is 2.45 bits per heavy atom. The zero-order valence-corrected chi connectivity index (χ0v) is 12.5. The summed E-state index contributed by atoms with van der Waals surface area (Å²) >= 11 is 0. The standard InChI is InChI=1S/C12H19N3O4S/c1-4-8(2)9(3)14-10-6-5-7-11(20(13,18)19)12(10)15(16)17/h5-9,14H,4H2,1-3H3,(H2,13,18,19)/t8-,9+/m1/s1. The molecular formula is C12H19N3O4S. The molecule has 0 amide bonds. The number of anilines is 1. The summed E-state index contributed by atoms with van der Waals surface area (Å²) in [5.74, 6) is 0.285. The highest BCUT2D eigenvalue weighted by atomic mass is 32.2. The molecule has 0 spiro atoms. The molecule has 0 saturated heterocycles. The molecule has 1 aromatic carbocycles. The first-order valence-electron chi connectivity index (χ1n) is 6.25. The van der Waals surface area contributed by atoms with E-state index in [0.29, 0.717) is 0 Å². The van der Waals surface area contributed by atoms with Crippen molar-refractivity contribution in [1.29, 1.82) is 0 Å². The number of primary sulfonamides is 1. The largest absolute Gasteiger partial charge is 0.377 e. The van der Waals surface area contributed by atoms with Gasteiger partial charge >= 0.3 is 5.69 Å². The van der Waals surface area contributed by atoms with E-state index in [1.54, 1.807) is 0 Å². The molecule has 1 rings (SSSR count). The Morgan fingerprint density at radius 2 is 2.00 bits per heavy atom. The third-order valence-electron chi connectivity index (χ3n) is 3.37. The molecular weight excluding hydrogens is 282 g/mol. The van der Waals surface area contributed by atoms with Gasteiger partial charge in [-0.3, -0.25) is 10.1 Å². The van der Waals surface area contributed by atoms with Crippen LogP contribution in [-0.4, -0.2) is 19.4 Å². The first kappa shape index (κ1) is 16.4. The minimum Gasteiger partial charge on any atom is -0.377 e. The van der Waals surface area contributed by atoms with Crippen LogP contribution in [0.3, 0.4) is 0 Å². The second-order valence-electron chi connectivity index (χ2n) is 4.77. The topological polar surface area (TPSA) is 115 Å². The van der Waals surface area contributed by atoms with E-state index in [4.69, 9.17) is 5.14 Å². The fraction of sp³-hybridized carbons (Fsp3) is 0.500. The lowest BCUT2D eigenvalue weighted by Crippen LogP contribution is -2.24. The predicted molar refractivity (Wildman–Crippen MR) is 77.0 cm³/mol. The number of para-hydroxylation sites is 1. The van der Waals surface area contributed by atoms with Gasteiger partial charge in [0.15, 0.2) is 4.90 Å². The molecule has 3 N–H and O–H groups in total. The molecule has 0 aliphatic rings. The van der Waals surface area contributed by atoms with Gasteiger partial charge in [-0.2, -0.15) is 0 Å². The molecule has 7 nitrogen and oxygen atoms in total. The number of hydrogen-bond donors (Lipinski definition) is 2. The molecule has 112 valence electrons. The van der Waals surface area contributed by atoms with Crippen molar-refractivity contribution in [2.24, 2.45) is 11.1 Å². The second-order valence-corrected chi connectivity index (χ2v) is 6.30. The van der Waals surface area contributed by atoms with Crippen LogP contribution in [0.1, 0.15) is 27.2 Å². The Bertz CT molecular complexity index is 601. The number of nitrogens with one attached hydrogen (secondary N) is 1. The third kappa shape index (κ3) is 3.67. The minimum absolute atomic E-state index is 0.0329. The van der Waals surface area contributed by atoms with Gasteiger partial charge in [0.2, 0.25) is 10.0 Å². The number of benzene rings is 1. The van der Waals surface area contributed by atoms with E-state index in [1.165, 1.54) is 12.1 Å². The van der Waals surface area contributed by atoms with E-state index < -0.39 is 25.5 Å². The maximum Gasteiger partial charge on any atom is 0.312 e. The zero-order chi connectivity index (χ0) is 15.5. The summed E-state index contributed by atoms with van der Waals surface area (Å²) < 4.78 is 22.9. The van der Waals surface area contributed by atoms with Gasteiger partial charge in [0.1, 0.15) is 5.69 Å². The van der Waals surface area contributed by atoms with Gasteiger partial charge in [-0.25, -0.2) is 13.6 Å². The Hall–Kier alpha value is -1.67. The number of nitro groups is 1. The van der Waals surface area contributed by atoms with Crippen LogP contribution in [-0.2, 0) is 10.0 Å². The molecule has 0 unspecified atom stereocenters. The van der Waals surface area contributed by atoms with Crippen LogP contribution in [0.15, 0.2) is 23.1 Å². The fourth-order valence-electron chi connectivity index (χ4n) is 1.80. The van der Waals surface area contributed by atoms with Crippen molar-refractivity contribution >= 4 is 21.4 Å². The number of nitro benzene ring substituents is 1. The van der Waals surface area contributed by atoms with Crippen molar-refractivity contribution < 1.29 is 13.3 Å². The molecule has 0 radical (unpaired) electrons. The second kappa shape index (κ2) is 6.19. The van der Waals surface area contributed by atoms with Gasteiger partial charge in [0, 0.05) is 6.04 Å². The molecule has 0 saturated carbocycles. The first-order chi connectivity index (χ1) is 9.18. The molecule has 20 heavy (non-hydrogen) atoms. The van der Waals surface area contributed by atoms with Crippen molar-refractivity contribution in [2.45, 2.75) is 38.1 Å². The Labute approximate surface area is 118 Å². The van der Waals surface area contributed by atoms with E-state index in [1.807, 2.05) is 20.8 Å². The van der Waals surface area contributed by atoms with Crippen LogP contribution in [0.4, 0.5) is 11.4 Å². The van der Waals surface area contributed by atoms with Crippen LogP contribution in [0.25, 0.3) is 0 Å². The zero-order valence-electron chi connectivity index (χ0n) is 11.7. The highest BCUT2D eigenvalue weighted by Gasteiger charge is 2.27. The average molecular weight is 301 g/mol. The molecule has 0 heterocycles. The molecule has 2 atom stereocenters. The third-order valence-corrected chi connectivity index (χ3v) is 4.31. The van der Waals surface area contributed by atoms with Crippen molar-refractivity contribution in [3.8, 4) is 0 Å². The highest BCUT2D eigenvalue weighted by Crippen LogP contribution is 2.32. The minimum atomic E-state index is -4.14. The Balaban J connectivity index is 3.31. The van der Waals surface area contributed by atoms with Gasteiger partial charge in [0.05, 0.1) is 4.92 Å². The molecule has 0 aliphatic carbocycles. The number of sulfonamides is 1. The summed E-state index contributed by atoms with van der Waals surface area (Å²) in [4.78, 5) is 9.94. The van der Waals surface area contributed by atoms with E-state index in [2.05, 4.69) is 5.32 Å². The fourth-order valence-corrected chi connectivity index (χ4v) is 2.52. The SMILES string of the molecule is CC[C@@H](C)[C@H](C)Nc1cccc(S(N)(=O)=O)c1[N+](=O)[O-]. The number of nitrogens with two attached hydrogens (primary N) is 1.